The molecule has 0 aliphatic rings. The summed E-state index contributed by atoms with van der Waals surface area (Å²) in [6.07, 6.45) is -2.27. The van der Waals surface area contributed by atoms with E-state index < -0.39 is 12.2 Å². The van der Waals surface area contributed by atoms with Crippen molar-refractivity contribution in [3.8, 4) is 0 Å². The Morgan fingerprint density at radius 1 is 0.917 bits per heavy atom. The fourth-order valence-electron chi connectivity index (χ4n) is 0.133. The van der Waals surface area contributed by atoms with Crippen LogP contribution in [-0.4, -0.2) is 22.4 Å². The largest absolute Gasteiger partial charge is 0.464 e. The van der Waals surface area contributed by atoms with Crippen LogP contribution in [0.15, 0.2) is 0 Å². The Morgan fingerprint density at radius 3 is 1.50 bits per heavy atom. The highest BCUT2D eigenvalue weighted by Crippen LogP contribution is 2.39. The molecule has 0 aliphatic heterocycles. The van der Waals surface area contributed by atoms with Crippen LogP contribution in [0.4, 0.5) is 9.59 Å². The molecule has 0 fully saturated rings. The number of nitrogens with one attached hydrogen (secondary N) is 2. The third-order valence-electron chi connectivity index (χ3n) is 0.354. The van der Waals surface area contributed by atoms with Crippen molar-refractivity contribution in [2.24, 2.45) is 0 Å². The summed E-state index contributed by atoms with van der Waals surface area (Å²) in [6, 6.07) is 0. The molecule has 0 saturated heterocycles. The van der Waals surface area contributed by atoms with Crippen LogP contribution < -0.4 is 9.44 Å². The minimum atomic E-state index is -1.13. The normalized spacial score (nSPS) is 9.00. The van der Waals surface area contributed by atoms with Crippen LogP contribution in [0.25, 0.3) is 0 Å². The topological polar surface area (TPSA) is 98.7 Å². The summed E-state index contributed by atoms with van der Waals surface area (Å²) in [5.74, 6) is 0. The predicted molar refractivity (Wildman–Crippen MR) is 52.7 cm³/mol. The van der Waals surface area contributed by atoms with Crippen LogP contribution in [0.2, 0.25) is 0 Å². The van der Waals surface area contributed by atoms with Gasteiger partial charge in [-0.05, 0) is 0 Å². The molecule has 0 spiro atoms. The van der Waals surface area contributed by atoms with E-state index in [-0.39, 0.29) is 0 Å². The molecule has 2 amide bonds. The predicted octanol–water partition coefficient (Wildman–Crippen LogP) is 2.03. The van der Waals surface area contributed by atoms with Gasteiger partial charge in [0.05, 0.1) is 0 Å². The molecule has 10 heteroatoms. The van der Waals surface area contributed by atoms with Crippen molar-refractivity contribution in [3.05, 3.63) is 0 Å². The monoisotopic (exact) mass is 248 g/mol. The summed E-state index contributed by atoms with van der Waals surface area (Å²) in [4.78, 5) is 19.7. The molecule has 0 unspecified atom stereocenters. The lowest BCUT2D eigenvalue weighted by Crippen LogP contribution is -2.10. The Morgan fingerprint density at radius 2 is 1.25 bits per heavy atom. The number of rotatable bonds is 5. The van der Waals surface area contributed by atoms with Gasteiger partial charge in [-0.1, -0.05) is 0 Å². The Bertz CT molecular complexity index is 147. The molecular formula is C2H4N2O4S4. The molecule has 0 aromatic carbocycles. The minimum absolute atomic E-state index is 0.889. The first-order valence-electron chi connectivity index (χ1n) is 2.26. The molecule has 6 nitrogen and oxygen atoms in total. The standard InChI is InChI=1S/C2H4N2O4S4/c5-1(6)3-9-11-12-10-4-2(7)8/h3-4H,(H,5,6)(H,7,8). The highest BCUT2D eigenvalue weighted by atomic mass is 33.7. The number of carbonyl (C=O) groups is 2. The molecule has 0 aromatic heterocycles. The molecule has 0 aliphatic carbocycles. The van der Waals surface area contributed by atoms with Gasteiger partial charge >= 0.3 is 12.2 Å². The Balaban J connectivity index is 3.01. The zero-order valence-corrected chi connectivity index (χ0v) is 8.61. The van der Waals surface area contributed by atoms with E-state index in [2.05, 4.69) is 0 Å². The van der Waals surface area contributed by atoms with E-state index in [0.29, 0.717) is 0 Å². The molecule has 4 N–H and O–H groups in total. The second-order valence-corrected chi connectivity index (χ2v) is 6.40. The third-order valence-corrected chi connectivity index (χ3v) is 5.36. The van der Waals surface area contributed by atoms with E-state index in [1.165, 1.54) is 0 Å². The maximum absolute atomic E-state index is 9.87. The van der Waals surface area contributed by atoms with Crippen molar-refractivity contribution >= 4 is 53.8 Å². The third kappa shape index (κ3) is 9.94. The van der Waals surface area contributed by atoms with E-state index >= 15 is 0 Å². The molecule has 70 valence electrons. The van der Waals surface area contributed by atoms with Gasteiger partial charge in [0, 0.05) is 41.6 Å². The highest BCUT2D eigenvalue weighted by Gasteiger charge is 1.98. The van der Waals surface area contributed by atoms with Crippen molar-refractivity contribution in [2.45, 2.75) is 0 Å². The van der Waals surface area contributed by atoms with Crippen LogP contribution >= 0.6 is 41.6 Å². The number of carboxylic acid groups (broad SMARTS) is 2. The van der Waals surface area contributed by atoms with Gasteiger partial charge in [-0.25, -0.2) is 9.59 Å². The molecule has 0 heterocycles. The van der Waals surface area contributed by atoms with Crippen molar-refractivity contribution in [1.29, 1.82) is 0 Å². The van der Waals surface area contributed by atoms with Crippen molar-refractivity contribution in [1.82, 2.24) is 9.44 Å². The van der Waals surface area contributed by atoms with Gasteiger partial charge in [0.25, 0.3) is 0 Å². The lowest BCUT2D eigenvalue weighted by atomic mass is 11.3. The minimum Gasteiger partial charge on any atom is -0.464 e. The molecule has 12 heavy (non-hydrogen) atoms. The summed E-state index contributed by atoms with van der Waals surface area (Å²) in [5, 5.41) is 16.2. The summed E-state index contributed by atoms with van der Waals surface area (Å²) < 4.78 is 4.04. The van der Waals surface area contributed by atoms with Crippen molar-refractivity contribution in [3.63, 3.8) is 0 Å². The van der Waals surface area contributed by atoms with Gasteiger partial charge in [-0.15, -0.1) is 0 Å². The van der Waals surface area contributed by atoms with E-state index in [0.717, 1.165) is 41.6 Å². The molecule has 0 rings (SSSR count). The summed E-state index contributed by atoms with van der Waals surface area (Å²) in [7, 11) is 3.98. The average Bonchev–Trinajstić information content (AvgIpc) is 1.95. The van der Waals surface area contributed by atoms with Gasteiger partial charge in [0.1, 0.15) is 0 Å². The van der Waals surface area contributed by atoms with Crippen LogP contribution in [0.5, 0.6) is 0 Å². The van der Waals surface area contributed by atoms with Gasteiger partial charge in [-0.2, -0.15) is 0 Å². The second kappa shape index (κ2) is 7.58. The number of hydrogen-bond acceptors (Lipinski definition) is 6. The van der Waals surface area contributed by atoms with Gasteiger partial charge in [0.2, 0.25) is 0 Å². The molecule has 0 radical (unpaired) electrons. The van der Waals surface area contributed by atoms with Crippen LogP contribution in [0, 0.1) is 0 Å². The SMILES string of the molecule is O=C(O)NSSSSNC(=O)O. The lowest BCUT2D eigenvalue weighted by Gasteiger charge is -1.97. The van der Waals surface area contributed by atoms with Gasteiger partial charge in [0.15, 0.2) is 0 Å². The average molecular weight is 248 g/mol. The lowest BCUT2D eigenvalue weighted by molar-refractivity contribution is 0.200. The Labute approximate surface area is 83.1 Å². The first-order chi connectivity index (χ1) is 5.63. The van der Waals surface area contributed by atoms with Crippen molar-refractivity contribution in [2.75, 3.05) is 0 Å². The fraction of sp³-hybridized carbons (Fsp3) is 0. The summed E-state index contributed by atoms with van der Waals surface area (Å²) >= 11 is 0. The van der Waals surface area contributed by atoms with Gasteiger partial charge < -0.3 is 10.2 Å². The summed E-state index contributed by atoms with van der Waals surface area (Å²) in [5.41, 5.74) is 0. The van der Waals surface area contributed by atoms with Crippen molar-refractivity contribution < 1.29 is 19.8 Å². The highest BCUT2D eigenvalue weighted by molar-refractivity contribution is 9.25. The quantitative estimate of drug-likeness (QED) is 0.333. The van der Waals surface area contributed by atoms with E-state index in [1.807, 2.05) is 9.44 Å². The van der Waals surface area contributed by atoms with Crippen LogP contribution in [-0.2, 0) is 0 Å². The molecule has 0 atom stereocenters. The molecule has 0 bridgehead atoms. The maximum Gasteiger partial charge on any atom is 0.415 e. The Kier molecular flexibility index (Phi) is 7.54. The first kappa shape index (κ1) is 11.9. The van der Waals surface area contributed by atoms with E-state index in [1.54, 1.807) is 0 Å². The number of hydrogen-bond donors (Lipinski definition) is 4. The molecular weight excluding hydrogens is 244 g/mol. The van der Waals surface area contributed by atoms with Crippen LogP contribution in [0.3, 0.4) is 0 Å². The second-order valence-electron chi connectivity index (χ2n) is 1.12. The fourth-order valence-corrected chi connectivity index (χ4v) is 3.81. The smallest absolute Gasteiger partial charge is 0.415 e. The van der Waals surface area contributed by atoms with Gasteiger partial charge in [-0.3, -0.25) is 9.44 Å². The van der Waals surface area contributed by atoms with Crippen LogP contribution in [0.1, 0.15) is 0 Å². The molecule has 0 aromatic rings. The molecule has 0 saturated carbocycles. The maximum atomic E-state index is 9.87. The number of amides is 2. The Hall–Kier alpha value is -0.0600. The van der Waals surface area contributed by atoms with E-state index in [4.69, 9.17) is 10.2 Å². The van der Waals surface area contributed by atoms with E-state index in [9.17, 15) is 9.59 Å². The summed E-state index contributed by atoms with van der Waals surface area (Å²) in [6.45, 7) is 0. The first-order valence-corrected chi connectivity index (χ1v) is 7.08. The zero-order chi connectivity index (χ0) is 9.40. The zero-order valence-electron chi connectivity index (χ0n) is 5.34.